The van der Waals surface area contributed by atoms with Gasteiger partial charge < -0.3 is 10.2 Å². The summed E-state index contributed by atoms with van der Waals surface area (Å²) in [6, 6.07) is 12.0. The molecular weight excluding hydrogens is 317 g/mol. The highest BCUT2D eigenvalue weighted by molar-refractivity contribution is 6.07. The Hall–Kier alpha value is -2.50. The number of anilines is 2. The van der Waals surface area contributed by atoms with Crippen molar-refractivity contribution < 1.29 is 18.0 Å². The van der Waals surface area contributed by atoms with Gasteiger partial charge >= 0.3 is 6.18 Å². The van der Waals surface area contributed by atoms with Crippen LogP contribution in [-0.4, -0.2) is 19.0 Å². The molecule has 0 aromatic heterocycles. The van der Waals surface area contributed by atoms with Crippen LogP contribution in [0.3, 0.4) is 0 Å². The van der Waals surface area contributed by atoms with E-state index < -0.39 is 17.6 Å². The van der Waals surface area contributed by atoms with Gasteiger partial charge in [0.05, 0.1) is 22.5 Å². The molecule has 0 atom stereocenters. The van der Waals surface area contributed by atoms with Crippen LogP contribution < -0.4 is 10.2 Å². The number of benzene rings is 2. The molecule has 3 nitrogen and oxygen atoms in total. The number of alkyl halides is 3. The van der Waals surface area contributed by atoms with Crippen molar-refractivity contribution in [2.75, 3.05) is 23.3 Å². The molecule has 0 radical (unpaired) electrons. The molecule has 24 heavy (non-hydrogen) atoms. The lowest BCUT2D eigenvalue weighted by Crippen LogP contribution is -2.22. The van der Waals surface area contributed by atoms with Crippen LogP contribution in [0.1, 0.15) is 28.8 Å². The van der Waals surface area contributed by atoms with E-state index in [2.05, 4.69) is 10.2 Å². The molecule has 3 rings (SSSR count). The first kappa shape index (κ1) is 16.4. The van der Waals surface area contributed by atoms with Gasteiger partial charge in [-0.05, 0) is 37.1 Å². The van der Waals surface area contributed by atoms with E-state index in [1.165, 1.54) is 18.2 Å². The lowest BCUT2D eigenvalue weighted by molar-refractivity contribution is -0.137. The van der Waals surface area contributed by atoms with E-state index in [1.54, 1.807) is 12.1 Å². The summed E-state index contributed by atoms with van der Waals surface area (Å²) in [5, 5.41) is 2.64. The van der Waals surface area contributed by atoms with Crippen LogP contribution in [0.2, 0.25) is 0 Å². The standard InChI is InChI=1S/C18H17F3N2O/c19-18(20,21)14-8-2-1-7-13(14)17(24)22-15-9-3-4-10-16(15)23-11-5-6-12-23/h1-4,7-10H,5-6,11-12H2,(H,22,24). The SMILES string of the molecule is O=C(Nc1ccccc1N1CCCC1)c1ccccc1C(F)(F)F. The van der Waals surface area contributed by atoms with E-state index in [4.69, 9.17) is 0 Å². The Labute approximate surface area is 138 Å². The molecule has 1 heterocycles. The van der Waals surface area contributed by atoms with Crippen molar-refractivity contribution in [2.45, 2.75) is 19.0 Å². The average molecular weight is 334 g/mol. The number of carbonyl (C=O) groups excluding carboxylic acids is 1. The van der Waals surface area contributed by atoms with E-state index in [0.29, 0.717) is 5.69 Å². The zero-order chi connectivity index (χ0) is 17.2. The number of halogens is 3. The number of nitrogens with zero attached hydrogens (tertiary/aromatic N) is 1. The van der Waals surface area contributed by atoms with Gasteiger partial charge in [-0.25, -0.2) is 0 Å². The van der Waals surface area contributed by atoms with E-state index in [1.807, 2.05) is 12.1 Å². The monoisotopic (exact) mass is 334 g/mol. The summed E-state index contributed by atoms with van der Waals surface area (Å²) in [5.41, 5.74) is 0.0663. The minimum atomic E-state index is -4.57. The fourth-order valence-electron chi connectivity index (χ4n) is 2.93. The van der Waals surface area contributed by atoms with Gasteiger partial charge in [0.25, 0.3) is 5.91 Å². The number of amides is 1. The third kappa shape index (κ3) is 3.37. The highest BCUT2D eigenvalue weighted by atomic mass is 19.4. The number of carbonyl (C=O) groups is 1. The zero-order valence-corrected chi connectivity index (χ0v) is 12.9. The van der Waals surface area contributed by atoms with Crippen LogP contribution in [0.15, 0.2) is 48.5 Å². The van der Waals surface area contributed by atoms with Crippen molar-refractivity contribution in [3.63, 3.8) is 0 Å². The number of rotatable bonds is 3. The summed E-state index contributed by atoms with van der Waals surface area (Å²) in [5.74, 6) is -0.755. The molecule has 0 bridgehead atoms. The Balaban J connectivity index is 1.89. The maximum atomic E-state index is 13.1. The van der Waals surface area contributed by atoms with Gasteiger partial charge in [0, 0.05) is 13.1 Å². The van der Waals surface area contributed by atoms with Crippen LogP contribution >= 0.6 is 0 Å². The van der Waals surface area contributed by atoms with Gasteiger partial charge in [-0.3, -0.25) is 4.79 Å². The number of hydrogen-bond donors (Lipinski definition) is 1. The predicted octanol–water partition coefficient (Wildman–Crippen LogP) is 4.56. The average Bonchev–Trinajstić information content (AvgIpc) is 3.09. The summed E-state index contributed by atoms with van der Waals surface area (Å²) in [6.45, 7) is 1.76. The second-order valence-electron chi connectivity index (χ2n) is 5.71. The predicted molar refractivity (Wildman–Crippen MR) is 87.3 cm³/mol. The molecule has 126 valence electrons. The topological polar surface area (TPSA) is 32.3 Å². The fourth-order valence-corrected chi connectivity index (χ4v) is 2.93. The second kappa shape index (κ2) is 6.55. The zero-order valence-electron chi connectivity index (χ0n) is 12.9. The van der Waals surface area contributed by atoms with Crippen LogP contribution in [0.5, 0.6) is 0 Å². The first-order valence-corrected chi connectivity index (χ1v) is 7.78. The van der Waals surface area contributed by atoms with Crippen LogP contribution in [0.25, 0.3) is 0 Å². The first-order valence-electron chi connectivity index (χ1n) is 7.78. The van der Waals surface area contributed by atoms with Gasteiger partial charge in [0.15, 0.2) is 0 Å². The van der Waals surface area contributed by atoms with Crippen LogP contribution in [-0.2, 0) is 6.18 Å². The number of para-hydroxylation sites is 2. The van der Waals surface area contributed by atoms with Crippen molar-refractivity contribution in [3.05, 3.63) is 59.7 Å². The lowest BCUT2D eigenvalue weighted by Gasteiger charge is -2.22. The van der Waals surface area contributed by atoms with Crippen LogP contribution in [0.4, 0.5) is 24.5 Å². The maximum absolute atomic E-state index is 13.1. The van der Waals surface area contributed by atoms with Gasteiger partial charge in [-0.15, -0.1) is 0 Å². The van der Waals surface area contributed by atoms with E-state index >= 15 is 0 Å². The minimum absolute atomic E-state index is 0.374. The highest BCUT2D eigenvalue weighted by Crippen LogP contribution is 2.33. The molecule has 1 N–H and O–H groups in total. The van der Waals surface area contributed by atoms with Gasteiger partial charge in [-0.2, -0.15) is 13.2 Å². The Morgan fingerprint density at radius 2 is 1.58 bits per heavy atom. The lowest BCUT2D eigenvalue weighted by atomic mass is 10.1. The van der Waals surface area contributed by atoms with Gasteiger partial charge in [0.1, 0.15) is 0 Å². The minimum Gasteiger partial charge on any atom is -0.370 e. The highest BCUT2D eigenvalue weighted by Gasteiger charge is 2.35. The molecular formula is C18H17F3N2O. The van der Waals surface area contributed by atoms with Crippen LogP contribution in [0, 0.1) is 0 Å². The second-order valence-corrected chi connectivity index (χ2v) is 5.71. The third-order valence-corrected chi connectivity index (χ3v) is 4.08. The molecule has 1 amide bonds. The Kier molecular flexibility index (Phi) is 4.46. The van der Waals surface area contributed by atoms with Crippen molar-refractivity contribution in [2.24, 2.45) is 0 Å². The molecule has 1 saturated heterocycles. The largest absolute Gasteiger partial charge is 0.417 e. The normalized spacial score (nSPS) is 14.7. The Bertz CT molecular complexity index is 737. The van der Waals surface area contributed by atoms with E-state index in [9.17, 15) is 18.0 Å². The quantitative estimate of drug-likeness (QED) is 0.892. The molecule has 0 spiro atoms. The molecule has 1 fully saturated rings. The number of hydrogen-bond acceptors (Lipinski definition) is 2. The van der Waals surface area contributed by atoms with Crippen molar-refractivity contribution >= 4 is 17.3 Å². The van der Waals surface area contributed by atoms with Crippen molar-refractivity contribution in [1.29, 1.82) is 0 Å². The molecule has 1 aliphatic heterocycles. The Morgan fingerprint density at radius 1 is 0.958 bits per heavy atom. The van der Waals surface area contributed by atoms with E-state index in [0.717, 1.165) is 37.7 Å². The summed E-state index contributed by atoms with van der Waals surface area (Å²) >= 11 is 0. The summed E-state index contributed by atoms with van der Waals surface area (Å²) in [7, 11) is 0. The smallest absolute Gasteiger partial charge is 0.370 e. The third-order valence-electron chi connectivity index (χ3n) is 4.08. The molecule has 0 unspecified atom stereocenters. The first-order chi connectivity index (χ1) is 11.5. The molecule has 2 aromatic rings. The molecule has 0 aliphatic carbocycles. The Morgan fingerprint density at radius 3 is 2.29 bits per heavy atom. The van der Waals surface area contributed by atoms with Gasteiger partial charge in [-0.1, -0.05) is 24.3 Å². The summed E-state index contributed by atoms with van der Waals surface area (Å²) < 4.78 is 39.3. The molecule has 1 aliphatic rings. The van der Waals surface area contributed by atoms with Crippen molar-refractivity contribution in [3.8, 4) is 0 Å². The summed E-state index contributed by atoms with van der Waals surface area (Å²) in [6.07, 6.45) is -2.43. The molecule has 6 heteroatoms. The molecule has 2 aromatic carbocycles. The maximum Gasteiger partial charge on any atom is 0.417 e. The fraction of sp³-hybridized carbons (Fsp3) is 0.278. The summed E-state index contributed by atoms with van der Waals surface area (Å²) in [4.78, 5) is 14.5. The molecule has 0 saturated carbocycles. The van der Waals surface area contributed by atoms with Crippen molar-refractivity contribution in [1.82, 2.24) is 0 Å². The van der Waals surface area contributed by atoms with E-state index in [-0.39, 0.29) is 5.56 Å². The van der Waals surface area contributed by atoms with Gasteiger partial charge in [0.2, 0.25) is 0 Å². The number of nitrogens with one attached hydrogen (secondary N) is 1.